The quantitative estimate of drug-likeness (QED) is 0.556. The molecule has 0 aliphatic heterocycles. The van der Waals surface area contributed by atoms with Crippen LogP contribution in [0.1, 0.15) is 24.3 Å². The van der Waals surface area contributed by atoms with Crippen LogP contribution in [-0.2, 0) is 4.74 Å². The summed E-state index contributed by atoms with van der Waals surface area (Å²) < 4.78 is 5.28. The number of hydrogen-bond donors (Lipinski definition) is 3. The lowest BCUT2D eigenvalue weighted by Gasteiger charge is -2.14. The van der Waals surface area contributed by atoms with E-state index in [0.29, 0.717) is 24.6 Å². The maximum atomic E-state index is 12.2. The first-order valence-electron chi connectivity index (χ1n) is 6.90. The van der Waals surface area contributed by atoms with Crippen LogP contribution < -0.4 is 16.6 Å². The van der Waals surface area contributed by atoms with Crippen LogP contribution in [0.5, 0.6) is 0 Å². The molecule has 1 aromatic carbocycles. The minimum absolute atomic E-state index is 0.0833. The number of nitrogens with one attached hydrogen (secondary N) is 2. The van der Waals surface area contributed by atoms with E-state index in [4.69, 9.17) is 10.6 Å². The molecule has 1 unspecified atom stereocenters. The van der Waals surface area contributed by atoms with Crippen molar-refractivity contribution in [3.8, 4) is 0 Å². The van der Waals surface area contributed by atoms with Crippen LogP contribution in [0.15, 0.2) is 30.3 Å². The molecule has 112 valence electrons. The van der Waals surface area contributed by atoms with Crippen LogP contribution in [0.2, 0.25) is 0 Å². The van der Waals surface area contributed by atoms with Gasteiger partial charge in [0.05, 0.1) is 17.8 Å². The highest BCUT2D eigenvalue weighted by Gasteiger charge is 2.14. The number of anilines is 1. The van der Waals surface area contributed by atoms with Crippen LogP contribution in [0.3, 0.4) is 0 Å². The van der Waals surface area contributed by atoms with Gasteiger partial charge in [-0.15, -0.1) is 0 Å². The summed E-state index contributed by atoms with van der Waals surface area (Å²) in [6, 6.07) is 9.07. The Kier molecular flexibility index (Phi) is 5.08. The van der Waals surface area contributed by atoms with Gasteiger partial charge in [0.1, 0.15) is 5.69 Å². The summed E-state index contributed by atoms with van der Waals surface area (Å²) in [5.41, 5.74) is 4.32. The Hall–Kier alpha value is -2.18. The third-order valence-corrected chi connectivity index (χ3v) is 3.05. The number of rotatable bonds is 6. The predicted octanol–water partition coefficient (Wildman–Crippen LogP) is 1.68. The molecule has 0 aliphatic rings. The second-order valence-electron chi connectivity index (χ2n) is 4.75. The van der Waals surface area contributed by atoms with Gasteiger partial charge in [0, 0.05) is 18.0 Å². The van der Waals surface area contributed by atoms with Gasteiger partial charge in [0.2, 0.25) is 0 Å². The molecule has 2 aromatic rings. The summed E-state index contributed by atoms with van der Waals surface area (Å²) >= 11 is 0. The number of pyridine rings is 1. The lowest BCUT2D eigenvalue weighted by molar-refractivity contribution is 0.0868. The molecular weight excluding hydrogens is 268 g/mol. The number of nitrogens with zero attached hydrogens (tertiary/aromatic N) is 1. The van der Waals surface area contributed by atoms with Gasteiger partial charge in [-0.05, 0) is 26.0 Å². The van der Waals surface area contributed by atoms with Crippen LogP contribution in [0.25, 0.3) is 10.9 Å². The Bertz CT molecular complexity index is 630. The summed E-state index contributed by atoms with van der Waals surface area (Å²) in [6.45, 7) is 4.89. The Morgan fingerprint density at radius 1 is 1.43 bits per heavy atom. The molecule has 0 spiro atoms. The Morgan fingerprint density at radius 2 is 2.19 bits per heavy atom. The first-order valence-corrected chi connectivity index (χ1v) is 6.90. The van der Waals surface area contributed by atoms with Crippen molar-refractivity contribution in [2.75, 3.05) is 18.6 Å². The predicted molar refractivity (Wildman–Crippen MR) is 83.0 cm³/mol. The number of hydrazine groups is 1. The second-order valence-corrected chi connectivity index (χ2v) is 4.75. The number of aromatic nitrogens is 1. The van der Waals surface area contributed by atoms with Crippen LogP contribution >= 0.6 is 0 Å². The average molecular weight is 288 g/mol. The van der Waals surface area contributed by atoms with Crippen molar-refractivity contribution in [2.24, 2.45) is 5.84 Å². The topological polar surface area (TPSA) is 89.3 Å². The van der Waals surface area contributed by atoms with Gasteiger partial charge in [-0.1, -0.05) is 18.2 Å². The minimum atomic E-state index is -0.246. The monoisotopic (exact) mass is 288 g/mol. The highest BCUT2D eigenvalue weighted by atomic mass is 16.5. The number of para-hydroxylation sites is 1. The molecule has 1 aromatic heterocycles. The molecule has 1 amide bonds. The van der Waals surface area contributed by atoms with Crippen molar-refractivity contribution in [1.29, 1.82) is 0 Å². The molecule has 0 radical (unpaired) electrons. The van der Waals surface area contributed by atoms with Crippen molar-refractivity contribution < 1.29 is 9.53 Å². The Morgan fingerprint density at radius 3 is 2.90 bits per heavy atom. The lowest BCUT2D eigenvalue weighted by Crippen LogP contribution is -2.36. The maximum absolute atomic E-state index is 12.2. The van der Waals surface area contributed by atoms with Crippen LogP contribution in [-0.4, -0.2) is 30.1 Å². The van der Waals surface area contributed by atoms with E-state index in [1.54, 1.807) is 6.07 Å². The van der Waals surface area contributed by atoms with Crippen LogP contribution in [0.4, 0.5) is 5.69 Å². The largest absolute Gasteiger partial charge is 0.380 e. The van der Waals surface area contributed by atoms with Gasteiger partial charge in [-0.2, -0.15) is 0 Å². The van der Waals surface area contributed by atoms with Gasteiger partial charge >= 0.3 is 0 Å². The van der Waals surface area contributed by atoms with Gasteiger partial charge in [-0.25, -0.2) is 4.98 Å². The van der Waals surface area contributed by atoms with E-state index in [9.17, 15) is 4.79 Å². The molecule has 2 rings (SSSR count). The molecule has 6 nitrogen and oxygen atoms in total. The number of nitrogen functional groups attached to an aromatic ring is 1. The van der Waals surface area contributed by atoms with Gasteiger partial charge < -0.3 is 15.5 Å². The minimum Gasteiger partial charge on any atom is -0.380 e. The summed E-state index contributed by atoms with van der Waals surface area (Å²) in [5.74, 6) is 5.28. The normalized spacial score (nSPS) is 12.1. The standard InChI is InChI=1S/C15H20N4O2/c1-3-21-9-10(2)17-15(20)14-8-13(19-16)11-6-4-5-7-12(11)18-14/h4-8,10H,3,9,16H2,1-2H3,(H,17,20)(H,18,19). The Labute approximate surface area is 123 Å². The van der Waals surface area contributed by atoms with E-state index >= 15 is 0 Å². The molecule has 6 heteroatoms. The lowest BCUT2D eigenvalue weighted by atomic mass is 10.1. The maximum Gasteiger partial charge on any atom is 0.270 e. The van der Waals surface area contributed by atoms with Gasteiger partial charge in [-0.3, -0.25) is 10.6 Å². The summed E-state index contributed by atoms with van der Waals surface area (Å²) in [5, 5.41) is 3.73. The molecule has 0 saturated heterocycles. The molecule has 1 heterocycles. The fourth-order valence-corrected chi connectivity index (χ4v) is 2.05. The second kappa shape index (κ2) is 7.01. The number of benzene rings is 1. The highest BCUT2D eigenvalue weighted by molar-refractivity contribution is 5.99. The molecule has 0 aliphatic carbocycles. The van der Waals surface area contributed by atoms with Crippen LogP contribution in [0, 0.1) is 0 Å². The van der Waals surface area contributed by atoms with E-state index in [0.717, 1.165) is 10.9 Å². The highest BCUT2D eigenvalue weighted by Crippen LogP contribution is 2.22. The number of ether oxygens (including phenoxy) is 1. The van der Waals surface area contributed by atoms with E-state index in [-0.39, 0.29) is 11.9 Å². The van der Waals surface area contributed by atoms with Crippen molar-refractivity contribution in [3.63, 3.8) is 0 Å². The van der Waals surface area contributed by atoms with Crippen molar-refractivity contribution >= 4 is 22.5 Å². The molecule has 0 fully saturated rings. The number of carbonyl (C=O) groups excluding carboxylic acids is 1. The fourth-order valence-electron chi connectivity index (χ4n) is 2.05. The summed E-state index contributed by atoms with van der Waals surface area (Å²) in [4.78, 5) is 16.6. The van der Waals surface area contributed by atoms with E-state index < -0.39 is 0 Å². The first kappa shape index (κ1) is 15.2. The molecule has 0 saturated carbocycles. The van der Waals surface area contributed by atoms with Crippen molar-refractivity contribution in [2.45, 2.75) is 19.9 Å². The van der Waals surface area contributed by atoms with E-state index in [1.165, 1.54) is 0 Å². The number of amides is 1. The summed E-state index contributed by atoms with van der Waals surface area (Å²) in [6.07, 6.45) is 0. The first-order chi connectivity index (χ1) is 10.2. The van der Waals surface area contributed by atoms with E-state index in [2.05, 4.69) is 15.7 Å². The smallest absolute Gasteiger partial charge is 0.270 e. The third kappa shape index (κ3) is 3.68. The molecule has 4 N–H and O–H groups in total. The fraction of sp³-hybridized carbons (Fsp3) is 0.333. The Balaban J connectivity index is 2.23. The van der Waals surface area contributed by atoms with Gasteiger partial charge in [0.15, 0.2) is 0 Å². The number of nitrogens with two attached hydrogens (primary N) is 1. The number of hydrogen-bond acceptors (Lipinski definition) is 5. The molecule has 1 atom stereocenters. The zero-order valence-corrected chi connectivity index (χ0v) is 12.2. The van der Waals surface area contributed by atoms with E-state index in [1.807, 2.05) is 38.1 Å². The van der Waals surface area contributed by atoms with Crippen molar-refractivity contribution in [1.82, 2.24) is 10.3 Å². The van der Waals surface area contributed by atoms with Crippen molar-refractivity contribution in [3.05, 3.63) is 36.0 Å². The molecule has 0 bridgehead atoms. The zero-order valence-electron chi connectivity index (χ0n) is 12.2. The SMILES string of the molecule is CCOCC(C)NC(=O)c1cc(NN)c2ccccc2n1. The molecule has 21 heavy (non-hydrogen) atoms. The summed E-state index contributed by atoms with van der Waals surface area (Å²) in [7, 11) is 0. The van der Waals surface area contributed by atoms with Gasteiger partial charge in [0.25, 0.3) is 5.91 Å². The number of carbonyl (C=O) groups is 1. The third-order valence-electron chi connectivity index (χ3n) is 3.05. The molecular formula is C15H20N4O2. The number of fused-ring (bicyclic) bond motifs is 1. The zero-order chi connectivity index (χ0) is 15.2. The average Bonchev–Trinajstić information content (AvgIpc) is 2.51.